The van der Waals surface area contributed by atoms with E-state index in [0.29, 0.717) is 24.9 Å². The zero-order chi connectivity index (χ0) is 21.2. The van der Waals surface area contributed by atoms with Gasteiger partial charge in [0.05, 0.1) is 10.8 Å². The van der Waals surface area contributed by atoms with Gasteiger partial charge in [-0.25, -0.2) is 8.42 Å². The quantitative estimate of drug-likeness (QED) is 0.629. The number of hydrogen-bond donors (Lipinski definition) is 0. The Morgan fingerprint density at radius 2 is 1.72 bits per heavy atom. The van der Waals surface area contributed by atoms with Crippen molar-refractivity contribution in [3.8, 4) is 0 Å². The van der Waals surface area contributed by atoms with Crippen molar-refractivity contribution in [2.75, 3.05) is 32.8 Å². The molecule has 0 spiro atoms. The first-order chi connectivity index (χ1) is 13.7. The fourth-order valence-electron chi connectivity index (χ4n) is 3.51. The zero-order valence-electron chi connectivity index (χ0n) is 17.3. The van der Waals surface area contributed by atoms with Crippen molar-refractivity contribution >= 4 is 21.9 Å². The van der Waals surface area contributed by atoms with Gasteiger partial charge in [-0.15, -0.1) is 0 Å². The SMILES string of the molecule is CC[C@H](C)c1ccc(S(=O)(=O)N2CCN(C(=O)COC(=O)[C@H]3C[C@@H]3C)CC2)cc1. The van der Waals surface area contributed by atoms with Crippen molar-refractivity contribution in [2.45, 2.75) is 44.4 Å². The Hall–Kier alpha value is -1.93. The van der Waals surface area contributed by atoms with Gasteiger partial charge in [0.25, 0.3) is 5.91 Å². The van der Waals surface area contributed by atoms with Crippen molar-refractivity contribution in [3.05, 3.63) is 29.8 Å². The summed E-state index contributed by atoms with van der Waals surface area (Å²) in [6, 6.07) is 7.06. The van der Waals surface area contributed by atoms with Gasteiger partial charge in [-0.2, -0.15) is 4.31 Å². The molecule has 1 amide bonds. The fraction of sp³-hybridized carbons (Fsp3) is 0.619. The summed E-state index contributed by atoms with van der Waals surface area (Å²) in [4.78, 5) is 25.8. The second kappa shape index (κ2) is 8.83. The number of ether oxygens (including phenoxy) is 1. The number of piperazine rings is 1. The van der Waals surface area contributed by atoms with E-state index in [-0.39, 0.29) is 42.4 Å². The standard InChI is InChI=1S/C21H30N2O5S/c1-4-15(2)17-5-7-18(8-6-17)29(26,27)23-11-9-22(10-12-23)20(24)14-28-21(25)19-13-16(19)3/h5-8,15-16,19H,4,9-14H2,1-3H3/t15-,16-,19-/m0/s1. The lowest BCUT2D eigenvalue weighted by molar-refractivity contribution is -0.153. The highest BCUT2D eigenvalue weighted by atomic mass is 32.2. The maximum Gasteiger partial charge on any atom is 0.309 e. The summed E-state index contributed by atoms with van der Waals surface area (Å²) in [5.41, 5.74) is 1.12. The van der Waals surface area contributed by atoms with Gasteiger partial charge in [-0.3, -0.25) is 9.59 Å². The van der Waals surface area contributed by atoms with E-state index in [2.05, 4.69) is 13.8 Å². The van der Waals surface area contributed by atoms with Gasteiger partial charge in [0.15, 0.2) is 6.61 Å². The third-order valence-corrected chi connectivity index (χ3v) is 7.95. The molecule has 160 valence electrons. The second-order valence-electron chi connectivity index (χ2n) is 8.09. The molecule has 1 saturated carbocycles. The molecule has 29 heavy (non-hydrogen) atoms. The molecule has 2 fully saturated rings. The Morgan fingerprint density at radius 3 is 2.24 bits per heavy atom. The van der Waals surface area contributed by atoms with Crippen molar-refractivity contribution in [1.29, 1.82) is 0 Å². The molecule has 1 aromatic carbocycles. The predicted octanol–water partition coefficient (Wildman–Crippen LogP) is 2.23. The Morgan fingerprint density at radius 1 is 1.14 bits per heavy atom. The summed E-state index contributed by atoms with van der Waals surface area (Å²) in [5.74, 6) is 0.0649. The summed E-state index contributed by atoms with van der Waals surface area (Å²) in [6.45, 7) is 6.97. The Kier molecular flexibility index (Phi) is 6.63. The number of carbonyl (C=O) groups excluding carboxylic acids is 2. The highest BCUT2D eigenvalue weighted by molar-refractivity contribution is 7.89. The van der Waals surface area contributed by atoms with E-state index in [1.807, 2.05) is 19.1 Å². The van der Waals surface area contributed by atoms with Gasteiger partial charge in [0.2, 0.25) is 10.0 Å². The molecular formula is C21H30N2O5S. The van der Waals surface area contributed by atoms with Gasteiger partial charge in [0.1, 0.15) is 0 Å². The molecule has 1 aromatic rings. The van der Waals surface area contributed by atoms with Crippen LogP contribution >= 0.6 is 0 Å². The van der Waals surface area contributed by atoms with Crippen molar-refractivity contribution in [3.63, 3.8) is 0 Å². The Bertz CT molecular complexity index is 844. The molecule has 1 aliphatic heterocycles. The van der Waals surface area contributed by atoms with Crippen LogP contribution in [0.1, 0.15) is 45.1 Å². The minimum atomic E-state index is -3.59. The number of esters is 1. The normalized spacial score (nSPS) is 23.5. The molecule has 7 nitrogen and oxygen atoms in total. The molecule has 3 atom stereocenters. The topological polar surface area (TPSA) is 84.0 Å². The lowest BCUT2D eigenvalue weighted by Crippen LogP contribution is -2.51. The average molecular weight is 423 g/mol. The number of benzene rings is 1. The second-order valence-corrected chi connectivity index (χ2v) is 10.0. The zero-order valence-corrected chi connectivity index (χ0v) is 18.2. The third kappa shape index (κ3) is 4.98. The number of rotatable bonds is 7. The van der Waals surface area contributed by atoms with E-state index in [1.165, 1.54) is 4.31 Å². The largest absolute Gasteiger partial charge is 0.455 e. The van der Waals surface area contributed by atoms with E-state index in [4.69, 9.17) is 4.74 Å². The first-order valence-corrected chi connectivity index (χ1v) is 11.7. The number of nitrogens with zero attached hydrogens (tertiary/aromatic N) is 2. The lowest BCUT2D eigenvalue weighted by atomic mass is 9.99. The van der Waals surface area contributed by atoms with Gasteiger partial charge in [0, 0.05) is 26.2 Å². The number of hydrogen-bond acceptors (Lipinski definition) is 5. The molecule has 1 saturated heterocycles. The van der Waals surface area contributed by atoms with E-state index >= 15 is 0 Å². The number of amides is 1. The van der Waals surface area contributed by atoms with Gasteiger partial charge >= 0.3 is 5.97 Å². The van der Waals surface area contributed by atoms with Crippen molar-refractivity contribution in [2.24, 2.45) is 11.8 Å². The molecule has 0 radical (unpaired) electrons. The first kappa shape index (κ1) is 21.8. The maximum atomic E-state index is 12.9. The number of carbonyl (C=O) groups is 2. The van der Waals surface area contributed by atoms with E-state index in [0.717, 1.165) is 18.4 Å². The maximum absolute atomic E-state index is 12.9. The van der Waals surface area contributed by atoms with E-state index in [9.17, 15) is 18.0 Å². The molecule has 0 N–H and O–H groups in total. The van der Waals surface area contributed by atoms with Crippen LogP contribution in [0, 0.1) is 11.8 Å². The predicted molar refractivity (Wildman–Crippen MR) is 109 cm³/mol. The first-order valence-electron chi connectivity index (χ1n) is 10.3. The minimum Gasteiger partial charge on any atom is -0.455 e. The molecule has 0 aromatic heterocycles. The summed E-state index contributed by atoms with van der Waals surface area (Å²) < 4.78 is 32.3. The molecule has 1 heterocycles. The lowest BCUT2D eigenvalue weighted by Gasteiger charge is -2.34. The monoisotopic (exact) mass is 422 g/mol. The van der Waals surface area contributed by atoms with Crippen LogP contribution in [0.3, 0.4) is 0 Å². The Balaban J connectivity index is 1.52. The summed E-state index contributed by atoms with van der Waals surface area (Å²) in [6.07, 6.45) is 1.82. The molecule has 8 heteroatoms. The van der Waals surface area contributed by atoms with Crippen LogP contribution in [-0.2, 0) is 24.3 Å². The summed E-state index contributed by atoms with van der Waals surface area (Å²) >= 11 is 0. The third-order valence-electron chi connectivity index (χ3n) is 6.04. The molecule has 3 rings (SSSR count). The van der Waals surface area contributed by atoms with Crippen LogP contribution < -0.4 is 0 Å². The molecule has 2 aliphatic rings. The molecular weight excluding hydrogens is 392 g/mol. The van der Waals surface area contributed by atoms with Gasteiger partial charge in [-0.05, 0) is 42.4 Å². The average Bonchev–Trinajstić information content (AvgIpc) is 3.48. The number of sulfonamides is 1. The summed E-state index contributed by atoms with van der Waals surface area (Å²) in [7, 11) is -3.59. The van der Waals surface area contributed by atoms with Gasteiger partial charge in [-0.1, -0.05) is 32.9 Å². The fourth-order valence-corrected chi connectivity index (χ4v) is 4.93. The van der Waals surface area contributed by atoms with Gasteiger partial charge < -0.3 is 9.64 Å². The van der Waals surface area contributed by atoms with Crippen LogP contribution in [-0.4, -0.2) is 62.3 Å². The van der Waals surface area contributed by atoms with Crippen LogP contribution in [0.4, 0.5) is 0 Å². The highest BCUT2D eigenvalue weighted by Crippen LogP contribution is 2.38. The smallest absolute Gasteiger partial charge is 0.309 e. The van der Waals surface area contributed by atoms with Crippen molar-refractivity contribution < 1.29 is 22.7 Å². The van der Waals surface area contributed by atoms with E-state index in [1.54, 1.807) is 17.0 Å². The van der Waals surface area contributed by atoms with Crippen LogP contribution in [0.25, 0.3) is 0 Å². The highest BCUT2D eigenvalue weighted by Gasteiger charge is 2.41. The summed E-state index contributed by atoms with van der Waals surface area (Å²) in [5, 5.41) is 0. The van der Waals surface area contributed by atoms with E-state index < -0.39 is 10.0 Å². The molecule has 0 bridgehead atoms. The Labute approximate surface area is 173 Å². The minimum absolute atomic E-state index is 0.0727. The van der Waals surface area contributed by atoms with Crippen LogP contribution in [0.15, 0.2) is 29.2 Å². The molecule has 1 aliphatic carbocycles. The van der Waals surface area contributed by atoms with Crippen molar-refractivity contribution in [1.82, 2.24) is 9.21 Å². The van der Waals surface area contributed by atoms with Crippen LogP contribution in [0.2, 0.25) is 0 Å². The van der Waals surface area contributed by atoms with Crippen LogP contribution in [0.5, 0.6) is 0 Å². The molecule has 0 unspecified atom stereocenters.